The van der Waals surface area contributed by atoms with E-state index in [0.717, 1.165) is 18.5 Å². The molecule has 102 valence electrons. The Kier molecular flexibility index (Phi) is 5.11. The minimum absolute atomic E-state index is 0.255. The standard InChI is InChI=1S/C16H16ClN3/c1-20(11-8-13-6-9-19-10-7-13)16(12-18)14-2-4-15(17)5-3-14/h2-7,9-10,16H,8,11H2,1H3. The number of hydrogen-bond acceptors (Lipinski definition) is 3. The van der Waals surface area contributed by atoms with Crippen molar-refractivity contribution < 1.29 is 0 Å². The Labute approximate surface area is 124 Å². The van der Waals surface area contributed by atoms with Crippen molar-refractivity contribution >= 4 is 11.6 Å². The lowest BCUT2D eigenvalue weighted by atomic mass is 10.1. The van der Waals surface area contributed by atoms with E-state index in [1.165, 1.54) is 5.56 Å². The van der Waals surface area contributed by atoms with E-state index >= 15 is 0 Å². The summed E-state index contributed by atoms with van der Waals surface area (Å²) in [6.07, 6.45) is 4.47. The van der Waals surface area contributed by atoms with Crippen molar-refractivity contribution in [1.29, 1.82) is 5.26 Å². The van der Waals surface area contributed by atoms with Gasteiger partial charge < -0.3 is 0 Å². The van der Waals surface area contributed by atoms with Crippen LogP contribution in [0.25, 0.3) is 0 Å². The van der Waals surface area contributed by atoms with Gasteiger partial charge in [0.2, 0.25) is 0 Å². The van der Waals surface area contributed by atoms with Gasteiger partial charge in [-0.25, -0.2) is 0 Å². The molecule has 0 bridgehead atoms. The van der Waals surface area contributed by atoms with E-state index in [1.807, 2.05) is 48.3 Å². The molecule has 0 N–H and O–H groups in total. The first-order valence-electron chi connectivity index (χ1n) is 6.45. The molecule has 0 aliphatic heterocycles. The van der Waals surface area contributed by atoms with Crippen molar-refractivity contribution in [2.75, 3.05) is 13.6 Å². The largest absolute Gasteiger partial charge is 0.287 e. The van der Waals surface area contributed by atoms with Crippen LogP contribution in [0.3, 0.4) is 0 Å². The molecule has 1 aromatic heterocycles. The van der Waals surface area contributed by atoms with Gasteiger partial charge in [0, 0.05) is 24.0 Å². The zero-order valence-electron chi connectivity index (χ0n) is 11.3. The van der Waals surface area contributed by atoms with Crippen LogP contribution in [-0.4, -0.2) is 23.5 Å². The van der Waals surface area contributed by atoms with Crippen molar-refractivity contribution in [3.63, 3.8) is 0 Å². The van der Waals surface area contributed by atoms with Crippen LogP contribution < -0.4 is 0 Å². The van der Waals surface area contributed by atoms with Gasteiger partial charge in [0.05, 0.1) is 6.07 Å². The van der Waals surface area contributed by atoms with E-state index in [9.17, 15) is 5.26 Å². The van der Waals surface area contributed by atoms with Gasteiger partial charge in [0.1, 0.15) is 6.04 Å². The average molecular weight is 286 g/mol. The van der Waals surface area contributed by atoms with Crippen molar-refractivity contribution in [3.05, 3.63) is 64.9 Å². The van der Waals surface area contributed by atoms with E-state index in [4.69, 9.17) is 11.6 Å². The summed E-state index contributed by atoms with van der Waals surface area (Å²) in [4.78, 5) is 6.05. The van der Waals surface area contributed by atoms with Gasteiger partial charge in [-0.15, -0.1) is 0 Å². The average Bonchev–Trinajstić information content (AvgIpc) is 2.49. The summed E-state index contributed by atoms with van der Waals surface area (Å²) in [5, 5.41) is 10.1. The molecule has 2 rings (SSSR count). The molecule has 0 aliphatic rings. The van der Waals surface area contributed by atoms with Gasteiger partial charge in [-0.05, 0) is 48.9 Å². The molecule has 0 saturated heterocycles. The second kappa shape index (κ2) is 7.04. The fourth-order valence-electron chi connectivity index (χ4n) is 2.06. The number of likely N-dealkylation sites (N-methyl/N-ethyl adjacent to an activating group) is 1. The molecular formula is C16H16ClN3. The third kappa shape index (κ3) is 3.80. The Morgan fingerprint density at radius 2 is 1.85 bits per heavy atom. The zero-order valence-corrected chi connectivity index (χ0v) is 12.1. The first-order valence-corrected chi connectivity index (χ1v) is 6.82. The van der Waals surface area contributed by atoms with Gasteiger partial charge in [0.25, 0.3) is 0 Å². The molecule has 2 aromatic rings. The van der Waals surface area contributed by atoms with Crippen molar-refractivity contribution in [2.45, 2.75) is 12.5 Å². The van der Waals surface area contributed by atoms with E-state index < -0.39 is 0 Å². The number of nitrogens with zero attached hydrogens (tertiary/aromatic N) is 3. The summed E-state index contributed by atoms with van der Waals surface area (Å²) >= 11 is 5.88. The Bertz CT molecular complexity index is 575. The van der Waals surface area contributed by atoms with Gasteiger partial charge in [0.15, 0.2) is 0 Å². The minimum atomic E-state index is -0.255. The molecule has 20 heavy (non-hydrogen) atoms. The highest BCUT2D eigenvalue weighted by Gasteiger charge is 2.15. The number of benzene rings is 1. The summed E-state index contributed by atoms with van der Waals surface area (Å²) in [5.74, 6) is 0. The smallest absolute Gasteiger partial charge is 0.123 e. The molecule has 1 aromatic carbocycles. The van der Waals surface area contributed by atoms with E-state index in [1.54, 1.807) is 12.4 Å². The number of hydrogen-bond donors (Lipinski definition) is 0. The number of pyridine rings is 1. The Balaban J connectivity index is 2.01. The maximum absolute atomic E-state index is 9.38. The number of aromatic nitrogens is 1. The van der Waals surface area contributed by atoms with Crippen LogP contribution in [-0.2, 0) is 6.42 Å². The lowest BCUT2D eigenvalue weighted by Crippen LogP contribution is -2.25. The Morgan fingerprint density at radius 1 is 1.20 bits per heavy atom. The molecule has 1 atom stereocenters. The molecule has 1 heterocycles. The molecule has 0 fully saturated rings. The van der Waals surface area contributed by atoms with Crippen LogP contribution in [0.15, 0.2) is 48.8 Å². The molecule has 0 spiro atoms. The fourth-order valence-corrected chi connectivity index (χ4v) is 2.18. The quantitative estimate of drug-likeness (QED) is 0.844. The van der Waals surface area contributed by atoms with Gasteiger partial charge in [-0.2, -0.15) is 5.26 Å². The molecular weight excluding hydrogens is 270 g/mol. The molecule has 0 radical (unpaired) electrons. The van der Waals surface area contributed by atoms with E-state index in [2.05, 4.69) is 11.1 Å². The molecule has 0 amide bonds. The highest BCUT2D eigenvalue weighted by Crippen LogP contribution is 2.21. The maximum atomic E-state index is 9.38. The molecule has 0 aliphatic carbocycles. The third-order valence-corrected chi connectivity index (χ3v) is 3.50. The van der Waals surface area contributed by atoms with Crippen LogP contribution in [0.1, 0.15) is 17.2 Å². The van der Waals surface area contributed by atoms with Gasteiger partial charge in [-0.3, -0.25) is 9.88 Å². The maximum Gasteiger partial charge on any atom is 0.123 e. The van der Waals surface area contributed by atoms with Crippen LogP contribution in [0, 0.1) is 11.3 Å². The molecule has 0 saturated carbocycles. The van der Waals surface area contributed by atoms with Crippen LogP contribution in [0.2, 0.25) is 5.02 Å². The Morgan fingerprint density at radius 3 is 2.45 bits per heavy atom. The minimum Gasteiger partial charge on any atom is -0.287 e. The normalized spacial score (nSPS) is 12.1. The summed E-state index contributed by atoms with van der Waals surface area (Å²) in [7, 11) is 1.96. The van der Waals surface area contributed by atoms with Crippen LogP contribution in [0.5, 0.6) is 0 Å². The van der Waals surface area contributed by atoms with E-state index in [-0.39, 0.29) is 6.04 Å². The number of nitriles is 1. The van der Waals surface area contributed by atoms with Crippen LogP contribution in [0.4, 0.5) is 0 Å². The lowest BCUT2D eigenvalue weighted by molar-refractivity contribution is 0.295. The van der Waals surface area contributed by atoms with E-state index in [0.29, 0.717) is 5.02 Å². The first kappa shape index (κ1) is 14.5. The van der Waals surface area contributed by atoms with Gasteiger partial charge in [-0.1, -0.05) is 23.7 Å². The summed E-state index contributed by atoms with van der Waals surface area (Å²) in [6, 6.07) is 13.5. The molecule has 4 heteroatoms. The molecule has 1 unspecified atom stereocenters. The monoisotopic (exact) mass is 285 g/mol. The Hall–Kier alpha value is -1.89. The van der Waals surface area contributed by atoms with Crippen LogP contribution >= 0.6 is 11.6 Å². The van der Waals surface area contributed by atoms with Crippen molar-refractivity contribution in [2.24, 2.45) is 0 Å². The summed E-state index contributed by atoms with van der Waals surface area (Å²) in [6.45, 7) is 0.810. The first-order chi connectivity index (χ1) is 9.70. The zero-order chi connectivity index (χ0) is 14.4. The predicted octanol–water partition coefficient (Wildman–Crippen LogP) is 3.47. The third-order valence-electron chi connectivity index (χ3n) is 3.25. The summed E-state index contributed by atoms with van der Waals surface area (Å²) < 4.78 is 0. The van der Waals surface area contributed by atoms with Gasteiger partial charge >= 0.3 is 0 Å². The van der Waals surface area contributed by atoms with Crippen molar-refractivity contribution in [1.82, 2.24) is 9.88 Å². The topological polar surface area (TPSA) is 39.9 Å². The second-order valence-electron chi connectivity index (χ2n) is 4.67. The molecule has 3 nitrogen and oxygen atoms in total. The highest BCUT2D eigenvalue weighted by molar-refractivity contribution is 6.30. The highest BCUT2D eigenvalue weighted by atomic mass is 35.5. The fraction of sp³-hybridized carbons (Fsp3) is 0.250. The SMILES string of the molecule is CN(CCc1ccncc1)C(C#N)c1ccc(Cl)cc1. The predicted molar refractivity (Wildman–Crippen MR) is 80.4 cm³/mol. The van der Waals surface area contributed by atoms with Crippen molar-refractivity contribution in [3.8, 4) is 6.07 Å². The lowest BCUT2D eigenvalue weighted by Gasteiger charge is -2.22. The summed E-state index contributed by atoms with van der Waals surface area (Å²) in [5.41, 5.74) is 2.19. The number of halogens is 1. The second-order valence-corrected chi connectivity index (χ2v) is 5.11. The number of rotatable bonds is 5.